The molecule has 4 rings (SSSR count). The summed E-state index contributed by atoms with van der Waals surface area (Å²) in [4.78, 5) is 25.4. The number of likely N-dealkylation sites (tertiary alicyclic amines) is 1. The molecule has 2 aromatic rings. The van der Waals surface area contributed by atoms with Crippen LogP contribution in [-0.4, -0.2) is 60.7 Å². The zero-order valence-corrected chi connectivity index (χ0v) is 14.3. The zero-order chi connectivity index (χ0) is 17.2. The van der Waals surface area contributed by atoms with Crippen molar-refractivity contribution in [2.45, 2.75) is 0 Å². The maximum atomic E-state index is 12.0. The summed E-state index contributed by atoms with van der Waals surface area (Å²) in [6.07, 6.45) is 3.70. The minimum absolute atomic E-state index is 0.0930. The molecule has 1 aromatic carbocycles. The minimum Gasteiger partial charge on any atom is -0.375 e. The van der Waals surface area contributed by atoms with Gasteiger partial charge in [0.05, 0.1) is 18.1 Å². The monoisotopic (exact) mass is 338 g/mol. The van der Waals surface area contributed by atoms with E-state index in [2.05, 4.69) is 14.9 Å². The van der Waals surface area contributed by atoms with Crippen molar-refractivity contribution < 1.29 is 9.53 Å². The van der Waals surface area contributed by atoms with Crippen LogP contribution in [0.2, 0.25) is 0 Å². The molecular weight excluding hydrogens is 316 g/mol. The summed E-state index contributed by atoms with van der Waals surface area (Å²) >= 11 is 0. The first-order valence-corrected chi connectivity index (χ1v) is 8.63. The standard InChI is InChI=1S/C19H22N4O2/c1-25-13-19(24)23-11-15-9-22(10-16(15)12-23)18-8-20-17(7-21-18)14-5-3-2-4-6-14/h2-8,15-16H,9-13H2,1H3. The first kappa shape index (κ1) is 16.0. The number of fused-ring (bicyclic) bond motifs is 1. The molecule has 2 atom stereocenters. The molecule has 1 amide bonds. The summed E-state index contributed by atoms with van der Waals surface area (Å²) in [5.74, 6) is 2.03. The van der Waals surface area contributed by atoms with Crippen LogP contribution in [0.1, 0.15) is 0 Å². The Labute approximate surface area is 147 Å². The minimum atomic E-state index is 0.0930. The fourth-order valence-corrected chi connectivity index (χ4v) is 3.84. The van der Waals surface area contributed by atoms with Gasteiger partial charge in [-0.3, -0.25) is 9.78 Å². The Hall–Kier alpha value is -2.47. The van der Waals surface area contributed by atoms with Gasteiger partial charge in [0.2, 0.25) is 5.91 Å². The number of anilines is 1. The second-order valence-corrected chi connectivity index (χ2v) is 6.78. The number of ether oxygens (including phenoxy) is 1. The van der Waals surface area contributed by atoms with Crippen molar-refractivity contribution in [1.82, 2.24) is 14.9 Å². The Morgan fingerprint density at radius 2 is 1.80 bits per heavy atom. The van der Waals surface area contributed by atoms with E-state index >= 15 is 0 Å². The van der Waals surface area contributed by atoms with Crippen LogP contribution in [0.25, 0.3) is 11.3 Å². The number of hydrogen-bond donors (Lipinski definition) is 0. The lowest BCUT2D eigenvalue weighted by Crippen LogP contribution is -2.35. The number of aromatic nitrogens is 2. The van der Waals surface area contributed by atoms with Gasteiger partial charge < -0.3 is 14.5 Å². The summed E-state index contributed by atoms with van der Waals surface area (Å²) in [6.45, 7) is 3.68. The predicted molar refractivity (Wildman–Crippen MR) is 95.1 cm³/mol. The summed E-state index contributed by atoms with van der Waals surface area (Å²) in [5, 5.41) is 0. The van der Waals surface area contributed by atoms with Crippen molar-refractivity contribution in [3.05, 3.63) is 42.7 Å². The summed E-state index contributed by atoms with van der Waals surface area (Å²) < 4.78 is 4.96. The third-order valence-electron chi connectivity index (χ3n) is 5.14. The highest BCUT2D eigenvalue weighted by atomic mass is 16.5. The van der Waals surface area contributed by atoms with Gasteiger partial charge in [0, 0.05) is 50.7 Å². The SMILES string of the molecule is COCC(=O)N1CC2CN(c3cnc(-c4ccccc4)cn3)CC2C1. The lowest BCUT2D eigenvalue weighted by molar-refractivity contribution is -0.134. The van der Waals surface area contributed by atoms with Crippen LogP contribution in [0.5, 0.6) is 0 Å². The Morgan fingerprint density at radius 1 is 1.08 bits per heavy atom. The zero-order valence-electron chi connectivity index (χ0n) is 14.3. The van der Waals surface area contributed by atoms with Crippen LogP contribution >= 0.6 is 0 Å². The molecule has 0 N–H and O–H groups in total. The van der Waals surface area contributed by atoms with Gasteiger partial charge in [0.25, 0.3) is 0 Å². The van der Waals surface area contributed by atoms with E-state index in [1.54, 1.807) is 7.11 Å². The van der Waals surface area contributed by atoms with E-state index in [1.807, 2.05) is 47.6 Å². The first-order valence-electron chi connectivity index (χ1n) is 8.63. The molecule has 3 heterocycles. The van der Waals surface area contributed by atoms with Gasteiger partial charge in [-0.1, -0.05) is 30.3 Å². The molecule has 1 aromatic heterocycles. The van der Waals surface area contributed by atoms with Gasteiger partial charge in [0.1, 0.15) is 12.4 Å². The fourth-order valence-electron chi connectivity index (χ4n) is 3.84. The normalized spacial score (nSPS) is 22.3. The second-order valence-electron chi connectivity index (χ2n) is 6.78. The Bertz CT molecular complexity index is 721. The van der Waals surface area contributed by atoms with Crippen molar-refractivity contribution in [3.63, 3.8) is 0 Å². The maximum absolute atomic E-state index is 12.0. The van der Waals surface area contributed by atoms with E-state index in [9.17, 15) is 4.79 Å². The van der Waals surface area contributed by atoms with E-state index in [0.717, 1.165) is 43.3 Å². The number of nitrogens with zero attached hydrogens (tertiary/aromatic N) is 4. The van der Waals surface area contributed by atoms with Crippen molar-refractivity contribution >= 4 is 11.7 Å². The summed E-state index contributed by atoms with van der Waals surface area (Å²) in [7, 11) is 1.56. The van der Waals surface area contributed by atoms with Gasteiger partial charge in [-0.05, 0) is 0 Å². The highest BCUT2D eigenvalue weighted by Crippen LogP contribution is 2.33. The molecule has 0 aliphatic carbocycles. The second kappa shape index (κ2) is 6.80. The van der Waals surface area contributed by atoms with Gasteiger partial charge in [-0.15, -0.1) is 0 Å². The average Bonchev–Trinajstić information content (AvgIpc) is 3.22. The molecular formula is C19H22N4O2. The third kappa shape index (κ3) is 3.22. The lowest BCUT2D eigenvalue weighted by Gasteiger charge is -2.22. The molecule has 130 valence electrons. The van der Waals surface area contributed by atoms with E-state index in [0.29, 0.717) is 11.8 Å². The number of hydrogen-bond acceptors (Lipinski definition) is 5. The molecule has 6 nitrogen and oxygen atoms in total. The molecule has 2 aliphatic rings. The van der Waals surface area contributed by atoms with Crippen LogP contribution < -0.4 is 4.90 Å². The van der Waals surface area contributed by atoms with Gasteiger partial charge in [-0.25, -0.2) is 4.98 Å². The summed E-state index contributed by atoms with van der Waals surface area (Å²) in [6, 6.07) is 10.1. The smallest absolute Gasteiger partial charge is 0.248 e. The third-order valence-corrected chi connectivity index (χ3v) is 5.14. The van der Waals surface area contributed by atoms with Crippen LogP contribution in [-0.2, 0) is 9.53 Å². The highest BCUT2D eigenvalue weighted by molar-refractivity contribution is 5.77. The van der Waals surface area contributed by atoms with E-state index in [-0.39, 0.29) is 12.5 Å². The Morgan fingerprint density at radius 3 is 2.40 bits per heavy atom. The average molecular weight is 338 g/mol. The highest BCUT2D eigenvalue weighted by Gasteiger charge is 2.41. The summed E-state index contributed by atoms with van der Waals surface area (Å²) in [5.41, 5.74) is 1.97. The quantitative estimate of drug-likeness (QED) is 0.849. The van der Waals surface area contributed by atoms with Gasteiger partial charge >= 0.3 is 0 Å². The molecule has 0 spiro atoms. The van der Waals surface area contributed by atoms with Crippen molar-refractivity contribution in [3.8, 4) is 11.3 Å². The molecule has 2 saturated heterocycles. The number of rotatable bonds is 4. The van der Waals surface area contributed by atoms with Crippen molar-refractivity contribution in [2.24, 2.45) is 11.8 Å². The first-order chi connectivity index (χ1) is 12.2. The molecule has 25 heavy (non-hydrogen) atoms. The number of carbonyl (C=O) groups excluding carboxylic acids is 1. The molecule has 2 unspecified atom stereocenters. The predicted octanol–water partition coefficient (Wildman–Crippen LogP) is 1.68. The maximum Gasteiger partial charge on any atom is 0.248 e. The number of amides is 1. The van der Waals surface area contributed by atoms with E-state index in [4.69, 9.17) is 4.74 Å². The number of methoxy groups -OCH3 is 1. The van der Waals surface area contributed by atoms with Crippen molar-refractivity contribution in [1.29, 1.82) is 0 Å². The van der Waals surface area contributed by atoms with Gasteiger partial charge in [0.15, 0.2) is 0 Å². The van der Waals surface area contributed by atoms with Crippen LogP contribution in [0.3, 0.4) is 0 Å². The molecule has 0 bridgehead atoms. The molecule has 6 heteroatoms. The van der Waals surface area contributed by atoms with E-state index < -0.39 is 0 Å². The topological polar surface area (TPSA) is 58.6 Å². The Balaban J connectivity index is 1.40. The van der Waals surface area contributed by atoms with Crippen molar-refractivity contribution in [2.75, 3.05) is 44.8 Å². The number of carbonyl (C=O) groups is 1. The van der Waals surface area contributed by atoms with E-state index in [1.165, 1.54) is 0 Å². The fraction of sp³-hybridized carbons (Fsp3) is 0.421. The molecule has 0 radical (unpaired) electrons. The lowest BCUT2D eigenvalue weighted by atomic mass is 10.0. The molecule has 0 saturated carbocycles. The molecule has 2 fully saturated rings. The van der Waals surface area contributed by atoms with Crippen LogP contribution in [0.15, 0.2) is 42.7 Å². The Kier molecular flexibility index (Phi) is 4.36. The van der Waals surface area contributed by atoms with Crippen LogP contribution in [0.4, 0.5) is 5.82 Å². The van der Waals surface area contributed by atoms with Crippen LogP contribution in [0, 0.1) is 11.8 Å². The molecule has 2 aliphatic heterocycles. The number of benzene rings is 1. The largest absolute Gasteiger partial charge is 0.375 e. The van der Waals surface area contributed by atoms with Gasteiger partial charge in [-0.2, -0.15) is 0 Å².